The SMILES string of the molecule is Clc1ccc(Br)c2c1[nH]c1nc3ncccc3cc12. The van der Waals surface area contributed by atoms with E-state index < -0.39 is 0 Å². The summed E-state index contributed by atoms with van der Waals surface area (Å²) in [5.41, 5.74) is 2.43. The lowest BCUT2D eigenvalue weighted by Crippen LogP contribution is -1.83. The standard InChI is InChI=1S/C14H7BrClN3/c15-9-3-4-10(16)12-11(9)8-6-7-2-1-5-17-13(7)19-14(8)18-12/h1-6H,(H,17,18,19). The molecule has 1 aromatic carbocycles. The largest absolute Gasteiger partial charge is 0.338 e. The van der Waals surface area contributed by atoms with E-state index in [0.29, 0.717) is 5.02 Å². The van der Waals surface area contributed by atoms with E-state index in [9.17, 15) is 0 Å². The molecule has 1 N–H and O–H groups in total. The van der Waals surface area contributed by atoms with Crippen LogP contribution in [0.4, 0.5) is 0 Å². The topological polar surface area (TPSA) is 41.6 Å². The average molecular weight is 333 g/mol. The Kier molecular flexibility index (Phi) is 2.31. The summed E-state index contributed by atoms with van der Waals surface area (Å²) in [5.74, 6) is 0. The minimum absolute atomic E-state index is 0.688. The van der Waals surface area contributed by atoms with Gasteiger partial charge in [-0.2, -0.15) is 0 Å². The third-order valence-electron chi connectivity index (χ3n) is 3.21. The molecule has 0 bridgehead atoms. The summed E-state index contributed by atoms with van der Waals surface area (Å²) in [5, 5.41) is 3.81. The maximum atomic E-state index is 6.24. The zero-order valence-corrected chi connectivity index (χ0v) is 12.0. The Morgan fingerprint density at radius 3 is 3.00 bits per heavy atom. The number of rotatable bonds is 0. The third-order valence-corrected chi connectivity index (χ3v) is 4.18. The van der Waals surface area contributed by atoms with Crippen molar-refractivity contribution in [3.63, 3.8) is 0 Å². The highest BCUT2D eigenvalue weighted by Gasteiger charge is 2.12. The van der Waals surface area contributed by atoms with Crippen LogP contribution < -0.4 is 0 Å². The van der Waals surface area contributed by atoms with Crippen LogP contribution in [0.2, 0.25) is 5.02 Å². The zero-order valence-electron chi connectivity index (χ0n) is 9.61. The number of fused-ring (bicyclic) bond motifs is 4. The van der Waals surface area contributed by atoms with Crippen LogP contribution in [0.5, 0.6) is 0 Å². The smallest absolute Gasteiger partial charge is 0.161 e. The molecule has 5 heteroatoms. The summed E-state index contributed by atoms with van der Waals surface area (Å²) >= 11 is 9.81. The van der Waals surface area contributed by atoms with Crippen molar-refractivity contribution in [3.8, 4) is 0 Å². The van der Waals surface area contributed by atoms with Crippen molar-refractivity contribution in [2.24, 2.45) is 0 Å². The van der Waals surface area contributed by atoms with Gasteiger partial charge in [0.25, 0.3) is 0 Å². The molecule has 0 amide bonds. The molecule has 0 saturated heterocycles. The monoisotopic (exact) mass is 331 g/mol. The van der Waals surface area contributed by atoms with E-state index >= 15 is 0 Å². The number of nitrogens with zero attached hydrogens (tertiary/aromatic N) is 2. The predicted molar refractivity (Wildman–Crippen MR) is 81.6 cm³/mol. The summed E-state index contributed by atoms with van der Waals surface area (Å²) in [6, 6.07) is 9.82. The Hall–Kier alpha value is -1.65. The number of aromatic amines is 1. The van der Waals surface area contributed by atoms with Crippen LogP contribution in [0.15, 0.2) is 41.0 Å². The highest BCUT2D eigenvalue weighted by molar-refractivity contribution is 9.10. The van der Waals surface area contributed by atoms with Crippen molar-refractivity contribution in [2.75, 3.05) is 0 Å². The quantitative estimate of drug-likeness (QED) is 0.508. The minimum Gasteiger partial charge on any atom is -0.338 e. The minimum atomic E-state index is 0.688. The van der Waals surface area contributed by atoms with Crippen LogP contribution in [-0.4, -0.2) is 15.0 Å². The molecule has 0 saturated carbocycles. The lowest BCUT2D eigenvalue weighted by atomic mass is 10.1. The highest BCUT2D eigenvalue weighted by Crippen LogP contribution is 2.35. The number of hydrogen-bond donors (Lipinski definition) is 1. The number of benzene rings is 1. The van der Waals surface area contributed by atoms with Gasteiger partial charge in [-0.15, -0.1) is 0 Å². The maximum Gasteiger partial charge on any atom is 0.161 e. The fraction of sp³-hybridized carbons (Fsp3) is 0. The number of pyridine rings is 2. The summed E-state index contributed by atoms with van der Waals surface area (Å²) < 4.78 is 1.00. The summed E-state index contributed by atoms with van der Waals surface area (Å²) in [7, 11) is 0. The Labute approximate surface area is 121 Å². The maximum absolute atomic E-state index is 6.24. The van der Waals surface area contributed by atoms with E-state index in [1.807, 2.05) is 24.3 Å². The van der Waals surface area contributed by atoms with Crippen LogP contribution in [0.1, 0.15) is 0 Å². The molecule has 4 rings (SSSR count). The molecule has 3 nitrogen and oxygen atoms in total. The van der Waals surface area contributed by atoms with E-state index in [0.717, 1.165) is 37.4 Å². The van der Waals surface area contributed by atoms with Crippen molar-refractivity contribution < 1.29 is 0 Å². The Morgan fingerprint density at radius 2 is 2.11 bits per heavy atom. The molecule has 0 spiro atoms. The molecule has 3 aromatic heterocycles. The third kappa shape index (κ3) is 1.57. The lowest BCUT2D eigenvalue weighted by molar-refractivity contribution is 1.30. The van der Waals surface area contributed by atoms with Crippen LogP contribution in [0.25, 0.3) is 33.0 Å². The van der Waals surface area contributed by atoms with Crippen molar-refractivity contribution in [2.45, 2.75) is 0 Å². The van der Waals surface area contributed by atoms with Gasteiger partial charge in [0.2, 0.25) is 0 Å². The second-order valence-electron chi connectivity index (χ2n) is 4.34. The van der Waals surface area contributed by atoms with Crippen molar-refractivity contribution in [1.82, 2.24) is 15.0 Å². The van der Waals surface area contributed by atoms with Gasteiger partial charge >= 0.3 is 0 Å². The first-order valence-electron chi connectivity index (χ1n) is 5.75. The first-order valence-corrected chi connectivity index (χ1v) is 6.92. The molecule has 0 unspecified atom stereocenters. The number of nitrogens with one attached hydrogen (secondary N) is 1. The van der Waals surface area contributed by atoms with Gasteiger partial charge in [-0.3, -0.25) is 0 Å². The van der Waals surface area contributed by atoms with E-state index in [1.54, 1.807) is 6.20 Å². The van der Waals surface area contributed by atoms with Crippen LogP contribution in [0, 0.1) is 0 Å². The van der Waals surface area contributed by atoms with Gasteiger partial charge in [-0.05, 0) is 30.3 Å². The highest BCUT2D eigenvalue weighted by atomic mass is 79.9. The molecule has 0 atom stereocenters. The Morgan fingerprint density at radius 1 is 1.21 bits per heavy atom. The first kappa shape index (κ1) is 11.2. The number of hydrogen-bond acceptors (Lipinski definition) is 2. The molecule has 0 fully saturated rings. The second-order valence-corrected chi connectivity index (χ2v) is 5.60. The van der Waals surface area contributed by atoms with Gasteiger partial charge in [0, 0.05) is 26.8 Å². The predicted octanol–water partition coefficient (Wildman–Crippen LogP) is 4.68. The second kappa shape index (κ2) is 3.92. The van der Waals surface area contributed by atoms with Gasteiger partial charge in [0.15, 0.2) is 5.65 Å². The summed E-state index contributed by atoms with van der Waals surface area (Å²) in [4.78, 5) is 12.1. The normalized spacial score (nSPS) is 11.7. The van der Waals surface area contributed by atoms with E-state index in [2.05, 4.69) is 36.9 Å². The molecule has 19 heavy (non-hydrogen) atoms. The van der Waals surface area contributed by atoms with E-state index in [4.69, 9.17) is 11.6 Å². The van der Waals surface area contributed by atoms with Crippen molar-refractivity contribution in [3.05, 3.63) is 46.0 Å². The molecule has 0 aliphatic carbocycles. The van der Waals surface area contributed by atoms with E-state index in [-0.39, 0.29) is 0 Å². The van der Waals surface area contributed by atoms with Crippen LogP contribution >= 0.6 is 27.5 Å². The van der Waals surface area contributed by atoms with Gasteiger partial charge in [-0.25, -0.2) is 9.97 Å². The fourth-order valence-corrected chi connectivity index (χ4v) is 3.10. The van der Waals surface area contributed by atoms with Crippen LogP contribution in [-0.2, 0) is 0 Å². The summed E-state index contributed by atoms with van der Waals surface area (Å²) in [6.45, 7) is 0. The molecule has 0 aliphatic heterocycles. The Bertz CT molecular complexity index is 946. The molecular formula is C14H7BrClN3. The summed E-state index contributed by atoms with van der Waals surface area (Å²) in [6.07, 6.45) is 1.74. The van der Waals surface area contributed by atoms with Gasteiger partial charge < -0.3 is 4.98 Å². The first-order chi connectivity index (χ1) is 9.24. The number of halogens is 2. The van der Waals surface area contributed by atoms with Gasteiger partial charge in [0.1, 0.15) is 5.65 Å². The Balaban J connectivity index is 2.30. The average Bonchev–Trinajstić information content (AvgIpc) is 2.80. The molecule has 4 aromatic rings. The molecule has 3 heterocycles. The van der Waals surface area contributed by atoms with Gasteiger partial charge in [0.05, 0.1) is 10.5 Å². The molecular weight excluding hydrogens is 326 g/mol. The van der Waals surface area contributed by atoms with E-state index in [1.165, 1.54) is 0 Å². The number of aromatic nitrogens is 3. The fourth-order valence-electron chi connectivity index (χ4n) is 2.35. The van der Waals surface area contributed by atoms with Crippen molar-refractivity contribution in [1.29, 1.82) is 0 Å². The van der Waals surface area contributed by atoms with Crippen LogP contribution in [0.3, 0.4) is 0 Å². The molecule has 0 aliphatic rings. The number of H-pyrrole nitrogens is 1. The van der Waals surface area contributed by atoms with Gasteiger partial charge in [-0.1, -0.05) is 27.5 Å². The lowest BCUT2D eigenvalue weighted by Gasteiger charge is -1.98. The molecule has 92 valence electrons. The van der Waals surface area contributed by atoms with Crippen molar-refractivity contribution >= 4 is 60.5 Å². The molecule has 0 radical (unpaired) electrons. The zero-order chi connectivity index (χ0) is 13.0.